The summed E-state index contributed by atoms with van der Waals surface area (Å²) in [5.74, 6) is -0.455. The Balaban J connectivity index is 1.44. The van der Waals surface area contributed by atoms with Crippen LogP contribution < -0.4 is 10.2 Å². The van der Waals surface area contributed by atoms with Crippen molar-refractivity contribution < 1.29 is 14.3 Å². The molecule has 4 heterocycles. The van der Waals surface area contributed by atoms with Gasteiger partial charge in [0.2, 0.25) is 5.13 Å². The van der Waals surface area contributed by atoms with Gasteiger partial charge in [-0.25, -0.2) is 4.98 Å². The second-order valence-corrected chi connectivity index (χ2v) is 9.91. The first-order valence-electron chi connectivity index (χ1n) is 10.4. The number of thiophene rings is 1. The largest absolute Gasteiger partial charge is 0.379 e. The SMILES string of the molecule is CCc1nnc(NC(=O)c2csc(N(CCCN3CCOCC3)C(=O)c3cccs3)n2)s1. The molecule has 0 atom stereocenters. The average Bonchev–Trinajstić information content (AvgIpc) is 3.59. The lowest BCUT2D eigenvalue weighted by Gasteiger charge is -2.27. The molecular weight excluding hydrogens is 468 g/mol. The fourth-order valence-electron chi connectivity index (χ4n) is 3.20. The van der Waals surface area contributed by atoms with Crippen molar-refractivity contribution in [2.75, 3.05) is 49.6 Å². The van der Waals surface area contributed by atoms with Crippen LogP contribution in [0.1, 0.15) is 38.5 Å². The molecule has 1 saturated heterocycles. The van der Waals surface area contributed by atoms with Gasteiger partial charge in [0.15, 0.2) is 5.13 Å². The van der Waals surface area contributed by atoms with Crippen LogP contribution in [-0.4, -0.2) is 71.3 Å². The van der Waals surface area contributed by atoms with E-state index in [1.807, 2.05) is 24.4 Å². The molecule has 3 aromatic heterocycles. The van der Waals surface area contributed by atoms with Crippen LogP contribution in [0.3, 0.4) is 0 Å². The Morgan fingerprint density at radius 2 is 2.09 bits per heavy atom. The number of thiazole rings is 1. The van der Waals surface area contributed by atoms with Crippen LogP contribution in [0.15, 0.2) is 22.9 Å². The van der Waals surface area contributed by atoms with Crippen molar-refractivity contribution in [3.8, 4) is 0 Å². The molecule has 32 heavy (non-hydrogen) atoms. The topological polar surface area (TPSA) is 101 Å². The fourth-order valence-corrected chi connectivity index (χ4v) is 5.37. The highest BCUT2D eigenvalue weighted by Gasteiger charge is 2.23. The standard InChI is InChI=1S/C20H24N6O3S3/c1-2-16-23-24-19(32-16)22-17(27)14-13-31-20(21-14)26(18(28)15-5-3-12-30-15)7-4-6-25-8-10-29-11-9-25/h3,5,12-13H,2,4,6-11H2,1H3,(H,22,24,27). The molecule has 9 nitrogen and oxygen atoms in total. The minimum Gasteiger partial charge on any atom is -0.379 e. The first kappa shape index (κ1) is 22.9. The van der Waals surface area contributed by atoms with Gasteiger partial charge in [-0.3, -0.25) is 24.7 Å². The molecule has 3 aromatic rings. The fraction of sp³-hybridized carbons (Fsp3) is 0.450. The molecule has 170 valence electrons. The van der Waals surface area contributed by atoms with Crippen molar-refractivity contribution in [3.63, 3.8) is 0 Å². The minimum atomic E-state index is -0.358. The summed E-state index contributed by atoms with van der Waals surface area (Å²) in [4.78, 5) is 34.9. The van der Waals surface area contributed by atoms with E-state index in [9.17, 15) is 9.59 Å². The summed E-state index contributed by atoms with van der Waals surface area (Å²) in [6.45, 7) is 6.70. The molecule has 0 spiro atoms. The zero-order valence-corrected chi connectivity index (χ0v) is 20.1. The van der Waals surface area contributed by atoms with Gasteiger partial charge in [0.25, 0.3) is 11.8 Å². The lowest BCUT2D eigenvalue weighted by molar-refractivity contribution is 0.0376. The lowest BCUT2D eigenvalue weighted by atomic mass is 10.3. The number of morpholine rings is 1. The number of aryl methyl sites for hydroxylation is 1. The number of hydrogen-bond donors (Lipinski definition) is 1. The Labute approximate surface area is 198 Å². The van der Waals surface area contributed by atoms with E-state index in [2.05, 4.69) is 25.4 Å². The molecule has 1 fully saturated rings. The molecule has 2 amide bonds. The van der Waals surface area contributed by atoms with Gasteiger partial charge in [-0.2, -0.15) is 0 Å². The summed E-state index contributed by atoms with van der Waals surface area (Å²) in [5, 5.41) is 16.1. The van der Waals surface area contributed by atoms with E-state index < -0.39 is 0 Å². The first-order valence-corrected chi connectivity index (χ1v) is 13.0. The Bertz CT molecular complexity index is 1030. The van der Waals surface area contributed by atoms with Crippen LogP contribution in [-0.2, 0) is 11.2 Å². The molecular formula is C20H24N6O3S3. The quantitative estimate of drug-likeness (QED) is 0.489. The highest BCUT2D eigenvalue weighted by Crippen LogP contribution is 2.25. The summed E-state index contributed by atoms with van der Waals surface area (Å²) < 4.78 is 5.40. The predicted molar refractivity (Wildman–Crippen MR) is 127 cm³/mol. The Kier molecular flexibility index (Phi) is 7.92. The van der Waals surface area contributed by atoms with E-state index in [1.165, 1.54) is 34.0 Å². The second-order valence-electron chi connectivity index (χ2n) is 7.07. The van der Waals surface area contributed by atoms with Gasteiger partial charge < -0.3 is 4.74 Å². The number of rotatable bonds is 9. The van der Waals surface area contributed by atoms with Crippen molar-refractivity contribution in [1.82, 2.24) is 20.1 Å². The van der Waals surface area contributed by atoms with Gasteiger partial charge in [0.1, 0.15) is 10.7 Å². The highest BCUT2D eigenvalue weighted by molar-refractivity contribution is 7.15. The van der Waals surface area contributed by atoms with Crippen LogP contribution in [0.4, 0.5) is 10.3 Å². The maximum absolute atomic E-state index is 13.1. The number of aromatic nitrogens is 3. The van der Waals surface area contributed by atoms with Crippen molar-refractivity contribution in [2.45, 2.75) is 19.8 Å². The molecule has 1 aliphatic rings. The van der Waals surface area contributed by atoms with Crippen LogP contribution in [0.5, 0.6) is 0 Å². The molecule has 0 unspecified atom stereocenters. The molecule has 0 saturated carbocycles. The van der Waals surface area contributed by atoms with Gasteiger partial charge in [-0.15, -0.1) is 32.9 Å². The zero-order chi connectivity index (χ0) is 22.3. The summed E-state index contributed by atoms with van der Waals surface area (Å²) in [6, 6.07) is 3.67. The van der Waals surface area contributed by atoms with Crippen LogP contribution in [0.2, 0.25) is 0 Å². The van der Waals surface area contributed by atoms with Crippen molar-refractivity contribution in [3.05, 3.63) is 38.5 Å². The summed E-state index contributed by atoms with van der Waals surface area (Å²) >= 11 is 4.03. The van der Waals surface area contributed by atoms with Gasteiger partial charge in [0, 0.05) is 31.6 Å². The van der Waals surface area contributed by atoms with Gasteiger partial charge in [-0.05, 0) is 24.3 Å². The monoisotopic (exact) mass is 492 g/mol. The molecule has 0 radical (unpaired) electrons. The van der Waals surface area contributed by atoms with Crippen molar-refractivity contribution >= 4 is 56.1 Å². The molecule has 0 bridgehead atoms. The number of anilines is 2. The number of ether oxygens (including phenoxy) is 1. The Hall–Kier alpha value is -2.25. The van der Waals surface area contributed by atoms with E-state index >= 15 is 0 Å². The number of nitrogens with one attached hydrogen (secondary N) is 1. The number of nitrogens with zero attached hydrogens (tertiary/aromatic N) is 5. The van der Waals surface area contributed by atoms with E-state index in [4.69, 9.17) is 4.74 Å². The zero-order valence-electron chi connectivity index (χ0n) is 17.7. The van der Waals surface area contributed by atoms with Crippen molar-refractivity contribution in [2.24, 2.45) is 0 Å². The maximum Gasteiger partial charge on any atom is 0.277 e. The lowest BCUT2D eigenvalue weighted by Crippen LogP contribution is -2.39. The smallest absolute Gasteiger partial charge is 0.277 e. The van der Waals surface area contributed by atoms with Crippen LogP contribution in [0, 0.1) is 0 Å². The van der Waals surface area contributed by atoms with Gasteiger partial charge in [-0.1, -0.05) is 24.3 Å². The molecule has 1 N–H and O–H groups in total. The molecule has 0 aromatic carbocycles. The van der Waals surface area contributed by atoms with E-state index in [1.54, 1.807) is 10.3 Å². The van der Waals surface area contributed by atoms with Crippen LogP contribution >= 0.6 is 34.0 Å². The molecule has 12 heteroatoms. The predicted octanol–water partition coefficient (Wildman–Crippen LogP) is 3.24. The third-order valence-corrected chi connectivity index (χ3v) is 7.59. The number of amides is 2. The first-order chi connectivity index (χ1) is 15.6. The number of carbonyl (C=O) groups is 2. The second kappa shape index (κ2) is 11.1. The Morgan fingerprint density at radius 3 is 2.81 bits per heavy atom. The third-order valence-electron chi connectivity index (χ3n) is 4.88. The highest BCUT2D eigenvalue weighted by atomic mass is 32.1. The summed E-state index contributed by atoms with van der Waals surface area (Å²) in [5.41, 5.74) is 0.260. The molecule has 0 aliphatic carbocycles. The summed E-state index contributed by atoms with van der Waals surface area (Å²) in [6.07, 6.45) is 1.57. The normalized spacial score (nSPS) is 14.4. The summed E-state index contributed by atoms with van der Waals surface area (Å²) in [7, 11) is 0. The van der Waals surface area contributed by atoms with Gasteiger partial charge >= 0.3 is 0 Å². The van der Waals surface area contributed by atoms with E-state index in [0.29, 0.717) is 21.7 Å². The van der Waals surface area contributed by atoms with Gasteiger partial charge in [0.05, 0.1) is 18.1 Å². The number of hydrogen-bond acceptors (Lipinski definition) is 10. The molecule has 1 aliphatic heterocycles. The maximum atomic E-state index is 13.1. The van der Waals surface area contributed by atoms with E-state index in [0.717, 1.165) is 50.7 Å². The average molecular weight is 493 g/mol. The minimum absolute atomic E-state index is 0.0972. The van der Waals surface area contributed by atoms with Crippen LogP contribution in [0.25, 0.3) is 0 Å². The molecule has 4 rings (SSSR count). The Morgan fingerprint density at radius 1 is 1.25 bits per heavy atom. The van der Waals surface area contributed by atoms with Crippen molar-refractivity contribution in [1.29, 1.82) is 0 Å². The number of carbonyl (C=O) groups excluding carboxylic acids is 2. The third kappa shape index (κ3) is 5.75. The van der Waals surface area contributed by atoms with E-state index in [-0.39, 0.29) is 17.5 Å².